The summed E-state index contributed by atoms with van der Waals surface area (Å²) in [6.45, 7) is 0. The summed E-state index contributed by atoms with van der Waals surface area (Å²) in [7, 11) is 1.48. The van der Waals surface area contributed by atoms with Crippen LogP contribution in [0.2, 0.25) is 0 Å². The van der Waals surface area contributed by atoms with Gasteiger partial charge in [-0.1, -0.05) is 5.92 Å². The maximum absolute atomic E-state index is 10.1. The number of nitrogens with zero attached hydrogens (tertiary/aromatic N) is 1. The number of hydrogen-bond donors (Lipinski definition) is 1. The number of pyridine rings is 1. The lowest BCUT2D eigenvalue weighted by Crippen LogP contribution is -1.89. The molecule has 4 heteroatoms. The highest BCUT2D eigenvalue weighted by Crippen LogP contribution is 2.06. The molecule has 0 saturated carbocycles. The molecule has 0 aliphatic heterocycles. The van der Waals surface area contributed by atoms with E-state index in [1.54, 1.807) is 12.1 Å². The third-order valence-electron chi connectivity index (χ3n) is 1.26. The summed E-state index contributed by atoms with van der Waals surface area (Å²) in [4.78, 5) is 14.0. The summed E-state index contributed by atoms with van der Waals surface area (Å²) in [6, 6.07) is 3.18. The zero-order valence-corrected chi connectivity index (χ0v) is 6.94. The molecule has 0 saturated heterocycles. The summed E-state index contributed by atoms with van der Waals surface area (Å²) < 4.78 is 4.84. The van der Waals surface area contributed by atoms with E-state index >= 15 is 0 Å². The van der Waals surface area contributed by atoms with Crippen molar-refractivity contribution in [3.05, 3.63) is 23.9 Å². The van der Waals surface area contributed by atoms with Crippen LogP contribution in [-0.4, -0.2) is 23.2 Å². The normalized spacial score (nSPS) is 8.38. The van der Waals surface area contributed by atoms with Crippen molar-refractivity contribution >= 4 is 5.97 Å². The van der Waals surface area contributed by atoms with E-state index in [1.165, 1.54) is 13.3 Å². The van der Waals surface area contributed by atoms with Gasteiger partial charge in [-0.3, -0.25) is 0 Å². The molecule has 1 aromatic rings. The Balaban J connectivity index is 2.91. The molecular formula is C9H7NO3. The lowest BCUT2D eigenvalue weighted by Gasteiger charge is -1.96. The minimum Gasteiger partial charge on any atom is -0.481 e. The molecule has 0 aromatic carbocycles. The van der Waals surface area contributed by atoms with E-state index in [2.05, 4.69) is 10.9 Å². The van der Waals surface area contributed by atoms with Gasteiger partial charge in [-0.15, -0.1) is 0 Å². The van der Waals surface area contributed by atoms with Crippen LogP contribution < -0.4 is 4.74 Å². The Morgan fingerprint density at radius 3 is 3.08 bits per heavy atom. The minimum absolute atomic E-state index is 0.414. The second kappa shape index (κ2) is 4.12. The van der Waals surface area contributed by atoms with Gasteiger partial charge >= 0.3 is 5.97 Å². The molecular weight excluding hydrogens is 170 g/mol. The molecule has 13 heavy (non-hydrogen) atoms. The maximum atomic E-state index is 10.1. The van der Waals surface area contributed by atoms with E-state index in [-0.39, 0.29) is 0 Å². The fraction of sp³-hybridized carbons (Fsp3) is 0.111. The summed E-state index contributed by atoms with van der Waals surface area (Å²) >= 11 is 0. The maximum Gasteiger partial charge on any atom is 0.382 e. The number of ether oxygens (including phenoxy) is 1. The van der Waals surface area contributed by atoms with Crippen LogP contribution in [0.1, 0.15) is 5.56 Å². The molecule has 1 heterocycles. The van der Waals surface area contributed by atoms with E-state index in [0.29, 0.717) is 11.4 Å². The molecule has 4 nitrogen and oxygen atoms in total. The van der Waals surface area contributed by atoms with Gasteiger partial charge in [0.15, 0.2) is 0 Å². The molecule has 0 fully saturated rings. The van der Waals surface area contributed by atoms with Gasteiger partial charge in [-0.2, -0.15) is 0 Å². The highest BCUT2D eigenvalue weighted by Gasteiger charge is 1.93. The number of rotatable bonds is 1. The first kappa shape index (κ1) is 9.07. The fourth-order valence-electron chi connectivity index (χ4n) is 0.724. The Hall–Kier alpha value is -2.02. The number of carbonyl (C=O) groups is 1. The highest BCUT2D eigenvalue weighted by molar-refractivity contribution is 5.87. The Morgan fingerprint density at radius 2 is 2.46 bits per heavy atom. The molecule has 0 aliphatic rings. The number of carboxylic acid groups (broad SMARTS) is 1. The number of hydrogen-bond acceptors (Lipinski definition) is 3. The molecule has 66 valence electrons. The number of aromatic nitrogens is 1. The van der Waals surface area contributed by atoms with Crippen molar-refractivity contribution < 1.29 is 14.6 Å². The van der Waals surface area contributed by atoms with Gasteiger partial charge in [0.05, 0.1) is 7.11 Å². The van der Waals surface area contributed by atoms with Gasteiger partial charge in [-0.05, 0) is 6.07 Å². The van der Waals surface area contributed by atoms with Gasteiger partial charge in [0.1, 0.15) is 0 Å². The van der Waals surface area contributed by atoms with Gasteiger partial charge in [-0.25, -0.2) is 9.78 Å². The van der Waals surface area contributed by atoms with E-state index < -0.39 is 5.97 Å². The molecule has 1 aromatic heterocycles. The van der Waals surface area contributed by atoms with E-state index in [4.69, 9.17) is 9.84 Å². The first-order valence-electron chi connectivity index (χ1n) is 3.47. The van der Waals surface area contributed by atoms with Crippen LogP contribution in [0.5, 0.6) is 5.88 Å². The summed E-state index contributed by atoms with van der Waals surface area (Å²) in [5.41, 5.74) is 0.564. The summed E-state index contributed by atoms with van der Waals surface area (Å²) in [6.07, 6.45) is 1.50. The SMILES string of the molecule is COc1cc(C#CC(=O)O)ccn1. The molecule has 0 bridgehead atoms. The van der Waals surface area contributed by atoms with Crippen LogP contribution in [0, 0.1) is 11.8 Å². The molecule has 1 N–H and O–H groups in total. The average Bonchev–Trinajstić information content (AvgIpc) is 2.15. The topological polar surface area (TPSA) is 59.4 Å². The lowest BCUT2D eigenvalue weighted by atomic mass is 10.3. The second-order valence-corrected chi connectivity index (χ2v) is 2.14. The van der Waals surface area contributed by atoms with Crippen molar-refractivity contribution in [3.8, 4) is 17.7 Å². The molecule has 1 rings (SSSR count). The van der Waals surface area contributed by atoms with Crippen LogP contribution in [0.25, 0.3) is 0 Å². The Kier molecular flexibility index (Phi) is 2.87. The monoisotopic (exact) mass is 177 g/mol. The first-order chi connectivity index (χ1) is 6.22. The van der Waals surface area contributed by atoms with E-state index in [0.717, 1.165) is 0 Å². The minimum atomic E-state index is -1.16. The molecule has 0 amide bonds. The first-order valence-corrected chi connectivity index (χ1v) is 3.47. The number of aliphatic carboxylic acids is 1. The molecule has 0 atom stereocenters. The van der Waals surface area contributed by atoms with Gasteiger partial charge < -0.3 is 9.84 Å². The lowest BCUT2D eigenvalue weighted by molar-refractivity contribution is -0.130. The quantitative estimate of drug-likeness (QED) is 0.635. The van der Waals surface area contributed by atoms with Crippen LogP contribution in [-0.2, 0) is 4.79 Å². The van der Waals surface area contributed by atoms with Crippen LogP contribution in [0.15, 0.2) is 18.3 Å². The van der Waals surface area contributed by atoms with Crippen molar-refractivity contribution in [3.63, 3.8) is 0 Å². The molecule has 0 radical (unpaired) electrons. The fourth-order valence-corrected chi connectivity index (χ4v) is 0.724. The number of methoxy groups -OCH3 is 1. The van der Waals surface area contributed by atoms with Crippen LogP contribution >= 0.6 is 0 Å². The van der Waals surface area contributed by atoms with Crippen molar-refractivity contribution in [2.75, 3.05) is 7.11 Å². The zero-order chi connectivity index (χ0) is 9.68. The Labute approximate surface area is 75.2 Å². The van der Waals surface area contributed by atoms with Crippen molar-refractivity contribution in [2.24, 2.45) is 0 Å². The average molecular weight is 177 g/mol. The smallest absolute Gasteiger partial charge is 0.382 e. The van der Waals surface area contributed by atoms with Crippen LogP contribution in [0.4, 0.5) is 0 Å². The van der Waals surface area contributed by atoms with Crippen molar-refractivity contribution in [1.29, 1.82) is 0 Å². The van der Waals surface area contributed by atoms with Gasteiger partial charge in [0.2, 0.25) is 5.88 Å². The Bertz CT molecular complexity index is 376. The van der Waals surface area contributed by atoms with Gasteiger partial charge in [0.25, 0.3) is 0 Å². The largest absolute Gasteiger partial charge is 0.481 e. The van der Waals surface area contributed by atoms with E-state index in [9.17, 15) is 4.79 Å². The predicted molar refractivity (Wildman–Crippen MR) is 45.3 cm³/mol. The molecule has 0 unspecified atom stereocenters. The predicted octanol–water partition coefficient (Wildman–Crippen LogP) is 0.526. The summed E-state index contributed by atoms with van der Waals surface area (Å²) in [5.74, 6) is 3.70. The number of carboxylic acids is 1. The summed E-state index contributed by atoms with van der Waals surface area (Å²) in [5, 5.41) is 8.28. The van der Waals surface area contributed by atoms with Crippen molar-refractivity contribution in [1.82, 2.24) is 4.98 Å². The zero-order valence-electron chi connectivity index (χ0n) is 6.94. The molecule has 0 aliphatic carbocycles. The van der Waals surface area contributed by atoms with Crippen molar-refractivity contribution in [2.45, 2.75) is 0 Å². The second-order valence-electron chi connectivity index (χ2n) is 2.14. The van der Waals surface area contributed by atoms with E-state index in [1.807, 2.05) is 5.92 Å². The molecule has 0 spiro atoms. The third-order valence-corrected chi connectivity index (χ3v) is 1.26. The standard InChI is InChI=1S/C9H7NO3/c1-13-8-6-7(4-5-10-8)2-3-9(11)12/h4-6H,1H3,(H,11,12). The third kappa shape index (κ3) is 2.83. The highest BCUT2D eigenvalue weighted by atomic mass is 16.5. The van der Waals surface area contributed by atoms with Gasteiger partial charge in [0, 0.05) is 23.7 Å². The Morgan fingerprint density at radius 1 is 1.69 bits per heavy atom. The van der Waals surface area contributed by atoms with Crippen LogP contribution in [0.3, 0.4) is 0 Å².